The van der Waals surface area contributed by atoms with Gasteiger partial charge in [0.05, 0.1) is 13.0 Å². The molecule has 26 heavy (non-hydrogen) atoms. The first-order chi connectivity index (χ1) is 12.5. The zero-order chi connectivity index (χ0) is 18.5. The van der Waals surface area contributed by atoms with E-state index in [1.54, 1.807) is 0 Å². The molecule has 2 aromatic rings. The lowest BCUT2D eigenvalue weighted by Gasteiger charge is -2.32. The van der Waals surface area contributed by atoms with Crippen molar-refractivity contribution in [1.29, 1.82) is 0 Å². The fourth-order valence-electron chi connectivity index (χ4n) is 2.78. The van der Waals surface area contributed by atoms with Crippen LogP contribution in [0.4, 0.5) is 10.1 Å². The normalized spacial score (nSPS) is 17.0. The molecule has 6 nitrogen and oxygen atoms in total. The van der Waals surface area contributed by atoms with Crippen molar-refractivity contribution in [2.24, 2.45) is 0 Å². The third-order valence-electron chi connectivity index (χ3n) is 4.01. The van der Waals surface area contributed by atoms with Gasteiger partial charge in [0.1, 0.15) is 11.9 Å². The minimum atomic E-state index is -0.916. The minimum Gasteiger partial charge on any atom is -0.342 e. The molecule has 0 aromatic heterocycles. The molecule has 1 saturated heterocycles. The Morgan fingerprint density at radius 3 is 2.50 bits per heavy atom. The van der Waals surface area contributed by atoms with Gasteiger partial charge >= 0.3 is 0 Å². The number of rotatable bonds is 5. The predicted molar refractivity (Wildman–Crippen MR) is 93.4 cm³/mol. The summed E-state index contributed by atoms with van der Waals surface area (Å²) in [5.74, 6) is -1.45. The summed E-state index contributed by atoms with van der Waals surface area (Å²) in [5, 5.41) is 5.15. The molecule has 0 unspecified atom stereocenters. The smallest absolute Gasteiger partial charge is 0.246 e. The Bertz CT molecular complexity index is 809. The van der Waals surface area contributed by atoms with Gasteiger partial charge in [-0.1, -0.05) is 30.3 Å². The molecule has 2 aromatic carbocycles. The molecule has 1 atom stereocenters. The average molecular weight is 355 g/mol. The Morgan fingerprint density at radius 2 is 1.81 bits per heavy atom. The third-order valence-corrected chi connectivity index (χ3v) is 4.01. The Hall–Kier alpha value is -3.22. The maximum Gasteiger partial charge on any atom is 0.246 e. The van der Waals surface area contributed by atoms with Crippen molar-refractivity contribution in [3.05, 3.63) is 66.0 Å². The molecule has 1 heterocycles. The number of nitrogens with one attached hydrogen (secondary N) is 2. The zero-order valence-electron chi connectivity index (χ0n) is 13.9. The first-order valence-electron chi connectivity index (χ1n) is 8.19. The summed E-state index contributed by atoms with van der Waals surface area (Å²) in [6.45, 7) is 0.271. The van der Waals surface area contributed by atoms with E-state index in [0.717, 1.165) is 5.56 Å². The lowest BCUT2D eigenvalue weighted by atomic mass is 10.1. The highest BCUT2D eigenvalue weighted by Crippen LogP contribution is 2.13. The van der Waals surface area contributed by atoms with E-state index in [4.69, 9.17) is 0 Å². The molecule has 0 saturated carbocycles. The quantitative estimate of drug-likeness (QED) is 0.857. The van der Waals surface area contributed by atoms with E-state index in [9.17, 15) is 18.8 Å². The van der Waals surface area contributed by atoms with Crippen molar-refractivity contribution in [1.82, 2.24) is 10.2 Å². The molecule has 0 radical (unpaired) electrons. The molecule has 0 aliphatic carbocycles. The molecule has 1 aliphatic heterocycles. The van der Waals surface area contributed by atoms with E-state index in [1.807, 2.05) is 30.3 Å². The van der Waals surface area contributed by atoms with Gasteiger partial charge in [-0.05, 0) is 29.8 Å². The molecule has 1 aliphatic rings. The van der Waals surface area contributed by atoms with Crippen LogP contribution in [-0.4, -0.2) is 35.2 Å². The number of benzene rings is 2. The standard InChI is InChI=1S/C19H18FN3O3/c20-14-6-8-15(9-7-14)21-17(24)10-16-19(26)23(12-18(25)22-16)11-13-4-2-1-3-5-13/h1-9,16H,10-12H2,(H,21,24)(H,22,25)/t16-/m1/s1. The third kappa shape index (κ3) is 4.44. The van der Waals surface area contributed by atoms with Crippen molar-refractivity contribution in [2.75, 3.05) is 11.9 Å². The summed E-state index contributed by atoms with van der Waals surface area (Å²) in [4.78, 5) is 38.1. The van der Waals surface area contributed by atoms with Crippen LogP contribution in [0.25, 0.3) is 0 Å². The minimum absolute atomic E-state index is 0.0379. The molecule has 2 N–H and O–H groups in total. The molecular weight excluding hydrogens is 337 g/mol. The fourth-order valence-corrected chi connectivity index (χ4v) is 2.78. The largest absolute Gasteiger partial charge is 0.342 e. The highest BCUT2D eigenvalue weighted by Gasteiger charge is 2.33. The van der Waals surface area contributed by atoms with Crippen LogP contribution in [0.15, 0.2) is 54.6 Å². The van der Waals surface area contributed by atoms with Crippen LogP contribution in [0, 0.1) is 5.82 Å². The van der Waals surface area contributed by atoms with E-state index in [1.165, 1.54) is 29.2 Å². The first kappa shape index (κ1) is 17.6. The Labute approximate surface area is 150 Å². The van der Waals surface area contributed by atoms with E-state index in [2.05, 4.69) is 10.6 Å². The highest BCUT2D eigenvalue weighted by molar-refractivity contribution is 6.00. The highest BCUT2D eigenvalue weighted by atomic mass is 19.1. The summed E-state index contributed by atoms with van der Waals surface area (Å²) < 4.78 is 12.9. The molecule has 1 fully saturated rings. The summed E-state index contributed by atoms with van der Waals surface area (Å²) in [7, 11) is 0. The number of piperazine rings is 1. The second kappa shape index (κ2) is 7.77. The molecule has 0 bridgehead atoms. The van der Waals surface area contributed by atoms with Crippen LogP contribution >= 0.6 is 0 Å². The Kier molecular flexibility index (Phi) is 5.26. The van der Waals surface area contributed by atoms with Crippen LogP contribution in [0.1, 0.15) is 12.0 Å². The van der Waals surface area contributed by atoms with E-state index in [-0.39, 0.29) is 24.8 Å². The zero-order valence-corrected chi connectivity index (χ0v) is 13.9. The van der Waals surface area contributed by atoms with Crippen LogP contribution in [0.2, 0.25) is 0 Å². The van der Waals surface area contributed by atoms with Crippen LogP contribution < -0.4 is 10.6 Å². The van der Waals surface area contributed by atoms with E-state index < -0.39 is 17.8 Å². The topological polar surface area (TPSA) is 78.5 Å². The van der Waals surface area contributed by atoms with E-state index in [0.29, 0.717) is 12.2 Å². The van der Waals surface area contributed by atoms with E-state index >= 15 is 0 Å². The van der Waals surface area contributed by atoms with Crippen LogP contribution in [-0.2, 0) is 20.9 Å². The Morgan fingerprint density at radius 1 is 1.12 bits per heavy atom. The number of carbonyl (C=O) groups excluding carboxylic acids is 3. The SMILES string of the molecule is O=C(C[C@H]1NC(=O)CN(Cc2ccccc2)C1=O)Nc1ccc(F)cc1. The number of carbonyl (C=O) groups is 3. The maximum absolute atomic E-state index is 12.9. The molecule has 134 valence electrons. The summed E-state index contributed by atoms with van der Waals surface area (Å²) >= 11 is 0. The van der Waals surface area contributed by atoms with Crippen molar-refractivity contribution in [3.63, 3.8) is 0 Å². The second-order valence-corrected chi connectivity index (χ2v) is 6.06. The van der Waals surface area contributed by atoms with Crippen molar-refractivity contribution < 1.29 is 18.8 Å². The molecule has 7 heteroatoms. The summed E-state index contributed by atoms with van der Waals surface area (Å²) in [6.07, 6.45) is -0.187. The van der Waals surface area contributed by atoms with Crippen LogP contribution in [0.3, 0.4) is 0 Å². The summed E-state index contributed by atoms with van der Waals surface area (Å²) in [6, 6.07) is 13.7. The van der Waals surface area contributed by atoms with Gasteiger partial charge in [0.2, 0.25) is 17.7 Å². The number of hydrogen-bond acceptors (Lipinski definition) is 3. The lowest BCUT2D eigenvalue weighted by Crippen LogP contribution is -2.58. The monoisotopic (exact) mass is 355 g/mol. The summed E-state index contributed by atoms with van der Waals surface area (Å²) in [5.41, 5.74) is 1.33. The van der Waals surface area contributed by atoms with Gasteiger partial charge in [-0.3, -0.25) is 14.4 Å². The van der Waals surface area contributed by atoms with Gasteiger partial charge in [-0.25, -0.2) is 4.39 Å². The van der Waals surface area contributed by atoms with Crippen molar-refractivity contribution in [2.45, 2.75) is 19.0 Å². The van der Waals surface area contributed by atoms with Gasteiger partial charge < -0.3 is 15.5 Å². The van der Waals surface area contributed by atoms with Crippen molar-refractivity contribution >= 4 is 23.4 Å². The molecule has 3 amide bonds. The predicted octanol–water partition coefficient (Wildman–Crippen LogP) is 1.68. The van der Waals surface area contributed by atoms with Gasteiger partial charge in [0.15, 0.2) is 0 Å². The van der Waals surface area contributed by atoms with Gasteiger partial charge in [0.25, 0.3) is 0 Å². The maximum atomic E-state index is 12.9. The fraction of sp³-hybridized carbons (Fsp3) is 0.211. The van der Waals surface area contributed by atoms with Gasteiger partial charge in [-0.15, -0.1) is 0 Å². The van der Waals surface area contributed by atoms with Gasteiger partial charge in [-0.2, -0.15) is 0 Å². The number of hydrogen-bond donors (Lipinski definition) is 2. The molecule has 0 spiro atoms. The number of anilines is 1. The first-order valence-corrected chi connectivity index (χ1v) is 8.19. The second-order valence-electron chi connectivity index (χ2n) is 6.06. The molecular formula is C19H18FN3O3. The lowest BCUT2D eigenvalue weighted by molar-refractivity contribution is -0.145. The number of halogens is 1. The number of amides is 3. The van der Waals surface area contributed by atoms with Crippen molar-refractivity contribution in [3.8, 4) is 0 Å². The van der Waals surface area contributed by atoms with Crippen LogP contribution in [0.5, 0.6) is 0 Å². The Balaban J connectivity index is 1.62. The average Bonchev–Trinajstić information content (AvgIpc) is 2.62. The molecule has 3 rings (SSSR count). The number of nitrogens with zero attached hydrogens (tertiary/aromatic N) is 1. The van der Waals surface area contributed by atoms with Gasteiger partial charge in [0, 0.05) is 12.2 Å².